The normalized spacial score (nSPS) is 19.3. The lowest BCUT2D eigenvalue weighted by Crippen LogP contribution is -2.24. The fourth-order valence-electron chi connectivity index (χ4n) is 1.95. The van der Waals surface area contributed by atoms with Gasteiger partial charge in [0.15, 0.2) is 0 Å². The molecule has 5 nitrogen and oxygen atoms in total. The maximum Gasteiger partial charge on any atom is 0.274 e. The first-order chi connectivity index (χ1) is 8.51. The van der Waals surface area contributed by atoms with Crippen molar-refractivity contribution in [3.05, 3.63) is 34.1 Å². The van der Waals surface area contributed by atoms with E-state index in [2.05, 4.69) is 15.9 Å². The zero-order valence-electron chi connectivity index (χ0n) is 9.31. The highest BCUT2D eigenvalue weighted by atomic mass is 79.9. The smallest absolute Gasteiger partial charge is 0.274 e. The third kappa shape index (κ3) is 2.50. The summed E-state index contributed by atoms with van der Waals surface area (Å²) >= 11 is 3.29. The molecule has 0 bridgehead atoms. The van der Waals surface area contributed by atoms with Gasteiger partial charge in [-0.3, -0.25) is 14.9 Å². The molecular weight excluding hydrogens is 307 g/mol. The Hall–Kier alpha value is -1.50. The summed E-state index contributed by atoms with van der Waals surface area (Å²) in [5.74, 6) is -0.700. The van der Waals surface area contributed by atoms with Crippen LogP contribution in [0.4, 0.5) is 15.8 Å². The standard InChI is InChI=1S/C11H10BrFN2O3/c12-5-7-1-11(16)14(6-7)9-2-8(13)3-10(4-9)15(17)18/h2-4,7H,1,5-6H2. The molecule has 1 unspecified atom stereocenters. The zero-order chi connectivity index (χ0) is 13.3. The summed E-state index contributed by atoms with van der Waals surface area (Å²) < 4.78 is 13.3. The quantitative estimate of drug-likeness (QED) is 0.489. The van der Waals surface area contributed by atoms with E-state index >= 15 is 0 Å². The Kier molecular flexibility index (Phi) is 3.60. The number of nitro benzene ring substituents is 1. The van der Waals surface area contributed by atoms with Crippen molar-refractivity contribution in [3.63, 3.8) is 0 Å². The van der Waals surface area contributed by atoms with Gasteiger partial charge in [-0.25, -0.2) is 4.39 Å². The molecular formula is C11H10BrFN2O3. The number of rotatable bonds is 3. The number of hydrogen-bond acceptors (Lipinski definition) is 3. The fourth-order valence-corrected chi connectivity index (χ4v) is 2.39. The van der Waals surface area contributed by atoms with Crippen LogP contribution < -0.4 is 4.90 Å². The van der Waals surface area contributed by atoms with E-state index in [1.165, 1.54) is 11.0 Å². The van der Waals surface area contributed by atoms with E-state index in [1.54, 1.807) is 0 Å². The molecule has 1 saturated heterocycles. The van der Waals surface area contributed by atoms with Crippen LogP contribution in [0.15, 0.2) is 18.2 Å². The Labute approximate surface area is 111 Å². The molecule has 2 rings (SSSR count). The SMILES string of the molecule is O=C1CC(CBr)CN1c1cc(F)cc([N+](=O)[O-])c1. The van der Waals surface area contributed by atoms with Gasteiger partial charge in [-0.05, 0) is 12.0 Å². The van der Waals surface area contributed by atoms with Gasteiger partial charge in [0.1, 0.15) is 5.82 Å². The van der Waals surface area contributed by atoms with Crippen LogP contribution in [-0.4, -0.2) is 22.7 Å². The van der Waals surface area contributed by atoms with Crippen LogP contribution >= 0.6 is 15.9 Å². The average Bonchev–Trinajstić information content (AvgIpc) is 2.69. The second-order valence-electron chi connectivity index (χ2n) is 4.15. The minimum atomic E-state index is -0.714. The van der Waals surface area contributed by atoms with Gasteiger partial charge in [-0.15, -0.1) is 0 Å². The molecule has 1 fully saturated rings. The van der Waals surface area contributed by atoms with Crippen LogP contribution in [0.1, 0.15) is 6.42 Å². The van der Waals surface area contributed by atoms with Crippen LogP contribution in [-0.2, 0) is 4.79 Å². The molecule has 0 spiro atoms. The molecule has 0 aliphatic carbocycles. The van der Waals surface area contributed by atoms with Crippen LogP contribution in [0.2, 0.25) is 0 Å². The summed E-state index contributed by atoms with van der Waals surface area (Å²) in [4.78, 5) is 23.1. The number of non-ortho nitro benzene ring substituents is 1. The second kappa shape index (κ2) is 5.01. The number of halogens is 2. The van der Waals surface area contributed by atoms with Gasteiger partial charge in [-0.1, -0.05) is 15.9 Å². The predicted molar refractivity (Wildman–Crippen MR) is 67.3 cm³/mol. The van der Waals surface area contributed by atoms with Crippen LogP contribution in [0.5, 0.6) is 0 Å². The molecule has 0 N–H and O–H groups in total. The maximum atomic E-state index is 13.3. The summed E-state index contributed by atoms with van der Waals surface area (Å²) in [7, 11) is 0. The van der Waals surface area contributed by atoms with Gasteiger partial charge in [-0.2, -0.15) is 0 Å². The Morgan fingerprint density at radius 1 is 1.50 bits per heavy atom. The molecule has 1 amide bonds. The summed E-state index contributed by atoms with van der Waals surface area (Å²) in [5, 5.41) is 11.3. The molecule has 1 heterocycles. The van der Waals surface area contributed by atoms with E-state index in [1.807, 2.05) is 0 Å². The number of carbonyl (C=O) groups is 1. The Balaban J connectivity index is 2.34. The van der Waals surface area contributed by atoms with Crippen molar-refractivity contribution in [3.8, 4) is 0 Å². The van der Waals surface area contributed by atoms with Crippen molar-refractivity contribution < 1.29 is 14.1 Å². The van der Waals surface area contributed by atoms with E-state index in [0.717, 1.165) is 12.1 Å². The van der Waals surface area contributed by atoms with Crippen molar-refractivity contribution >= 4 is 33.2 Å². The summed E-state index contributed by atoms with van der Waals surface area (Å²) in [6.45, 7) is 0.449. The molecule has 0 aromatic heterocycles. The third-order valence-electron chi connectivity index (χ3n) is 2.81. The molecule has 1 aromatic carbocycles. The largest absolute Gasteiger partial charge is 0.312 e. The molecule has 1 aliphatic heterocycles. The van der Waals surface area contributed by atoms with E-state index < -0.39 is 10.7 Å². The van der Waals surface area contributed by atoms with Gasteiger partial charge in [0, 0.05) is 24.4 Å². The molecule has 0 saturated carbocycles. The minimum absolute atomic E-state index is 0.139. The van der Waals surface area contributed by atoms with Gasteiger partial charge >= 0.3 is 0 Å². The van der Waals surface area contributed by atoms with Gasteiger partial charge in [0.05, 0.1) is 16.7 Å². The van der Waals surface area contributed by atoms with Crippen LogP contribution in [0.3, 0.4) is 0 Å². The number of alkyl halides is 1. The van der Waals surface area contributed by atoms with Gasteiger partial charge in [0.2, 0.25) is 5.91 Å². The van der Waals surface area contributed by atoms with E-state index in [0.29, 0.717) is 18.3 Å². The number of nitro groups is 1. The summed E-state index contributed by atoms with van der Waals surface area (Å²) in [6, 6.07) is 3.20. The van der Waals surface area contributed by atoms with Crippen LogP contribution in [0, 0.1) is 21.8 Å². The van der Waals surface area contributed by atoms with Crippen molar-refractivity contribution in [2.75, 3.05) is 16.8 Å². The van der Waals surface area contributed by atoms with E-state index in [9.17, 15) is 19.3 Å². The van der Waals surface area contributed by atoms with Gasteiger partial charge in [0.25, 0.3) is 5.69 Å². The van der Waals surface area contributed by atoms with E-state index in [-0.39, 0.29) is 23.2 Å². The summed E-state index contributed by atoms with van der Waals surface area (Å²) in [5.41, 5.74) is -0.102. The van der Waals surface area contributed by atoms with Gasteiger partial charge < -0.3 is 4.90 Å². The highest BCUT2D eigenvalue weighted by molar-refractivity contribution is 9.09. The topological polar surface area (TPSA) is 63.5 Å². The number of hydrogen-bond donors (Lipinski definition) is 0. The fraction of sp³-hybridized carbons (Fsp3) is 0.364. The first-order valence-electron chi connectivity index (χ1n) is 5.32. The number of amides is 1. The molecule has 7 heteroatoms. The lowest BCUT2D eigenvalue weighted by molar-refractivity contribution is -0.385. The Morgan fingerprint density at radius 3 is 2.78 bits per heavy atom. The molecule has 1 aliphatic rings. The minimum Gasteiger partial charge on any atom is -0.312 e. The highest BCUT2D eigenvalue weighted by Gasteiger charge is 2.30. The number of nitrogens with zero attached hydrogens (tertiary/aromatic N) is 2. The lowest BCUT2D eigenvalue weighted by atomic mass is 10.2. The van der Waals surface area contributed by atoms with E-state index in [4.69, 9.17) is 0 Å². The molecule has 96 valence electrons. The van der Waals surface area contributed by atoms with Crippen molar-refractivity contribution in [1.29, 1.82) is 0 Å². The van der Waals surface area contributed by atoms with Crippen molar-refractivity contribution in [2.45, 2.75) is 6.42 Å². The predicted octanol–water partition coefficient (Wildman–Crippen LogP) is 2.48. The second-order valence-corrected chi connectivity index (χ2v) is 4.80. The third-order valence-corrected chi connectivity index (χ3v) is 3.73. The number of carbonyl (C=O) groups excluding carboxylic acids is 1. The lowest BCUT2D eigenvalue weighted by Gasteiger charge is -2.16. The average molecular weight is 317 g/mol. The highest BCUT2D eigenvalue weighted by Crippen LogP contribution is 2.29. The maximum absolute atomic E-state index is 13.3. The first-order valence-corrected chi connectivity index (χ1v) is 6.44. The monoisotopic (exact) mass is 316 g/mol. The first kappa shape index (κ1) is 12.9. The summed E-state index contributed by atoms with van der Waals surface area (Å²) in [6.07, 6.45) is 0.371. The molecule has 1 atom stereocenters. The number of anilines is 1. The van der Waals surface area contributed by atoms with Crippen LogP contribution in [0.25, 0.3) is 0 Å². The zero-order valence-corrected chi connectivity index (χ0v) is 10.9. The Morgan fingerprint density at radius 2 is 2.22 bits per heavy atom. The molecule has 1 aromatic rings. The Bertz CT molecular complexity index is 509. The van der Waals surface area contributed by atoms with Crippen molar-refractivity contribution in [2.24, 2.45) is 5.92 Å². The van der Waals surface area contributed by atoms with Crippen molar-refractivity contribution in [1.82, 2.24) is 0 Å². The molecule has 18 heavy (non-hydrogen) atoms. The number of benzene rings is 1. The molecule has 0 radical (unpaired) electrons.